The Bertz CT molecular complexity index is 922. The largest absolute Gasteiger partial charge is 0.493 e. The van der Waals surface area contributed by atoms with E-state index in [1.807, 2.05) is 0 Å². The number of aliphatic hydroxyl groups is 1. The van der Waals surface area contributed by atoms with Crippen LogP contribution >= 0.6 is 0 Å². The zero-order chi connectivity index (χ0) is 23.3. The molecule has 1 aromatic rings. The maximum atomic E-state index is 12.3. The average molecular weight is 435 g/mol. The topological polar surface area (TPSA) is 129 Å². The van der Waals surface area contributed by atoms with Crippen molar-refractivity contribution in [1.82, 2.24) is 4.90 Å². The fourth-order valence-corrected chi connectivity index (χ4v) is 3.20. The number of aliphatic hydroxyl groups excluding tert-OH is 1. The molecule has 0 radical (unpaired) electrons. The maximum absolute atomic E-state index is 12.3. The first-order chi connectivity index (χ1) is 14.6. The summed E-state index contributed by atoms with van der Waals surface area (Å²) in [5, 5.41) is 10.4. The molecule has 1 aliphatic heterocycles. The third-order valence-electron chi connectivity index (χ3n) is 4.52. The zero-order valence-corrected chi connectivity index (χ0v) is 18.0. The van der Waals surface area contributed by atoms with Crippen molar-refractivity contribution >= 4 is 29.9 Å². The van der Waals surface area contributed by atoms with Gasteiger partial charge in [-0.05, 0) is 36.3 Å². The zero-order valence-electron chi connectivity index (χ0n) is 18.0. The van der Waals surface area contributed by atoms with Gasteiger partial charge in [0.1, 0.15) is 0 Å². The van der Waals surface area contributed by atoms with Gasteiger partial charge < -0.3 is 29.0 Å². The SMILES string of the molecule is COC(=O)/C(=C/c1cc(C)c(OC(C)=O)c(OC)c1)CN1C(=O)C[C@H](OC(C)=O)[C@@H]1O. The normalized spacial score (nSPS) is 18.6. The van der Waals surface area contributed by atoms with Gasteiger partial charge in [-0.3, -0.25) is 14.4 Å². The predicted molar refractivity (Wildman–Crippen MR) is 107 cm³/mol. The summed E-state index contributed by atoms with van der Waals surface area (Å²) in [5.74, 6) is -1.80. The van der Waals surface area contributed by atoms with Crippen LogP contribution in [0.1, 0.15) is 31.4 Å². The van der Waals surface area contributed by atoms with Gasteiger partial charge in [0, 0.05) is 13.8 Å². The number of methoxy groups -OCH3 is 2. The molecule has 1 saturated heterocycles. The molecule has 168 valence electrons. The van der Waals surface area contributed by atoms with Gasteiger partial charge in [0.2, 0.25) is 5.91 Å². The minimum absolute atomic E-state index is 0.0695. The van der Waals surface area contributed by atoms with Gasteiger partial charge in [0.05, 0.1) is 32.8 Å². The van der Waals surface area contributed by atoms with E-state index >= 15 is 0 Å². The molecule has 0 saturated carbocycles. The number of hydrogen-bond acceptors (Lipinski definition) is 9. The Kier molecular flexibility index (Phi) is 7.76. The summed E-state index contributed by atoms with van der Waals surface area (Å²) in [5.41, 5.74) is 1.17. The lowest BCUT2D eigenvalue weighted by Gasteiger charge is -2.23. The quantitative estimate of drug-likeness (QED) is 0.378. The van der Waals surface area contributed by atoms with Crippen LogP contribution in [-0.4, -0.2) is 66.9 Å². The van der Waals surface area contributed by atoms with Crippen molar-refractivity contribution in [3.63, 3.8) is 0 Å². The van der Waals surface area contributed by atoms with Crippen LogP contribution in [0.4, 0.5) is 0 Å². The molecule has 1 aromatic carbocycles. The average Bonchev–Trinajstić information content (AvgIpc) is 2.94. The smallest absolute Gasteiger partial charge is 0.335 e. The van der Waals surface area contributed by atoms with Crippen molar-refractivity contribution in [2.45, 2.75) is 39.5 Å². The van der Waals surface area contributed by atoms with E-state index in [9.17, 15) is 24.3 Å². The highest BCUT2D eigenvalue weighted by atomic mass is 16.6. The van der Waals surface area contributed by atoms with Crippen LogP contribution in [0.5, 0.6) is 11.5 Å². The summed E-state index contributed by atoms with van der Waals surface area (Å²) in [6, 6.07) is 3.21. The molecule has 1 heterocycles. The van der Waals surface area contributed by atoms with E-state index in [0.717, 1.165) is 4.90 Å². The van der Waals surface area contributed by atoms with E-state index in [2.05, 4.69) is 0 Å². The van der Waals surface area contributed by atoms with Gasteiger partial charge in [-0.1, -0.05) is 0 Å². The van der Waals surface area contributed by atoms with E-state index in [-0.39, 0.29) is 30.0 Å². The second-order valence-electron chi connectivity index (χ2n) is 6.91. The summed E-state index contributed by atoms with van der Waals surface area (Å²) >= 11 is 0. The number of esters is 3. The Morgan fingerprint density at radius 3 is 2.42 bits per heavy atom. The summed E-state index contributed by atoms with van der Waals surface area (Å²) in [6.07, 6.45) is -1.14. The van der Waals surface area contributed by atoms with Gasteiger partial charge in [-0.15, -0.1) is 0 Å². The molecule has 0 bridgehead atoms. The fraction of sp³-hybridized carbons (Fsp3) is 0.429. The highest BCUT2D eigenvalue weighted by molar-refractivity contribution is 5.95. The van der Waals surface area contributed by atoms with Crippen LogP contribution < -0.4 is 9.47 Å². The van der Waals surface area contributed by atoms with Crippen molar-refractivity contribution in [1.29, 1.82) is 0 Å². The molecular weight excluding hydrogens is 410 g/mol. The first-order valence-electron chi connectivity index (χ1n) is 9.38. The number of nitrogens with zero attached hydrogens (tertiary/aromatic N) is 1. The first-order valence-corrected chi connectivity index (χ1v) is 9.38. The Morgan fingerprint density at radius 2 is 1.87 bits per heavy atom. The monoisotopic (exact) mass is 435 g/mol. The molecule has 31 heavy (non-hydrogen) atoms. The number of amides is 1. The van der Waals surface area contributed by atoms with E-state index in [1.165, 1.54) is 34.1 Å². The second-order valence-corrected chi connectivity index (χ2v) is 6.91. The molecule has 0 aromatic heterocycles. The van der Waals surface area contributed by atoms with Crippen LogP contribution in [-0.2, 0) is 28.7 Å². The lowest BCUT2D eigenvalue weighted by molar-refractivity contribution is -0.155. The molecule has 10 heteroatoms. The van der Waals surface area contributed by atoms with Crippen LogP contribution in [0, 0.1) is 6.92 Å². The van der Waals surface area contributed by atoms with Crippen LogP contribution in [0.25, 0.3) is 6.08 Å². The van der Waals surface area contributed by atoms with Crippen molar-refractivity contribution in [2.24, 2.45) is 0 Å². The summed E-state index contributed by atoms with van der Waals surface area (Å²) in [6.45, 7) is 3.88. The Balaban J connectivity index is 2.38. The Hall–Kier alpha value is -3.40. The molecule has 2 atom stereocenters. The number of rotatable bonds is 7. The van der Waals surface area contributed by atoms with Gasteiger partial charge in [-0.25, -0.2) is 4.79 Å². The number of hydrogen-bond donors (Lipinski definition) is 1. The number of carbonyl (C=O) groups excluding carboxylic acids is 4. The van der Waals surface area contributed by atoms with Crippen molar-refractivity contribution in [3.05, 3.63) is 28.8 Å². The molecule has 0 unspecified atom stereocenters. The molecule has 10 nitrogen and oxygen atoms in total. The summed E-state index contributed by atoms with van der Waals surface area (Å²) in [4.78, 5) is 48.2. The van der Waals surface area contributed by atoms with E-state index < -0.39 is 36.1 Å². The molecule has 1 fully saturated rings. The van der Waals surface area contributed by atoms with E-state index in [1.54, 1.807) is 19.1 Å². The van der Waals surface area contributed by atoms with Gasteiger partial charge in [-0.2, -0.15) is 0 Å². The van der Waals surface area contributed by atoms with Crippen LogP contribution in [0.15, 0.2) is 17.7 Å². The first kappa shape index (κ1) is 23.9. The lowest BCUT2D eigenvalue weighted by Crippen LogP contribution is -2.40. The van der Waals surface area contributed by atoms with Gasteiger partial charge in [0.15, 0.2) is 23.8 Å². The minimum atomic E-state index is -1.40. The number of likely N-dealkylation sites (tertiary alicyclic amines) is 1. The predicted octanol–water partition coefficient (Wildman–Crippen LogP) is 0.968. The highest BCUT2D eigenvalue weighted by Gasteiger charge is 2.41. The summed E-state index contributed by atoms with van der Waals surface area (Å²) < 4.78 is 20.2. The molecule has 1 aliphatic rings. The third kappa shape index (κ3) is 5.82. The van der Waals surface area contributed by atoms with E-state index in [4.69, 9.17) is 18.9 Å². The highest BCUT2D eigenvalue weighted by Crippen LogP contribution is 2.33. The Morgan fingerprint density at radius 1 is 1.19 bits per heavy atom. The number of benzene rings is 1. The molecule has 1 amide bonds. The van der Waals surface area contributed by atoms with Crippen LogP contribution in [0.2, 0.25) is 0 Å². The van der Waals surface area contributed by atoms with Gasteiger partial charge in [0.25, 0.3) is 0 Å². The minimum Gasteiger partial charge on any atom is -0.493 e. The standard InChI is InChI=1S/C21H25NO9/c1-11-6-14(8-16(28-4)19(11)31-13(3)24)7-15(21(27)29-5)10-22-18(25)9-17(20(22)26)30-12(2)23/h6-8,17,20,26H,9-10H2,1-5H3/b15-7+/t17-,20-/m0/s1. The molecule has 2 rings (SSSR count). The molecule has 0 aliphatic carbocycles. The number of ether oxygens (including phenoxy) is 4. The van der Waals surface area contributed by atoms with Crippen molar-refractivity contribution in [3.8, 4) is 11.5 Å². The number of aryl methyl sites for hydroxylation is 1. The lowest BCUT2D eigenvalue weighted by atomic mass is 10.1. The third-order valence-corrected chi connectivity index (χ3v) is 4.52. The Labute approximate surface area is 179 Å². The van der Waals surface area contributed by atoms with Crippen molar-refractivity contribution in [2.75, 3.05) is 20.8 Å². The maximum Gasteiger partial charge on any atom is 0.335 e. The summed E-state index contributed by atoms with van der Waals surface area (Å²) in [7, 11) is 2.60. The molecular formula is C21H25NO9. The number of carbonyl (C=O) groups is 4. The fourth-order valence-electron chi connectivity index (χ4n) is 3.20. The van der Waals surface area contributed by atoms with Crippen LogP contribution in [0.3, 0.4) is 0 Å². The molecule has 1 N–H and O–H groups in total. The molecule has 0 spiro atoms. The van der Waals surface area contributed by atoms with Crippen molar-refractivity contribution < 1.29 is 43.2 Å². The van der Waals surface area contributed by atoms with E-state index in [0.29, 0.717) is 11.1 Å². The van der Waals surface area contributed by atoms with Gasteiger partial charge >= 0.3 is 17.9 Å². The second kappa shape index (κ2) is 10.1.